The van der Waals surface area contributed by atoms with Gasteiger partial charge in [-0.15, -0.1) is 0 Å². The van der Waals surface area contributed by atoms with Crippen molar-refractivity contribution in [2.45, 2.75) is 32.7 Å². The summed E-state index contributed by atoms with van der Waals surface area (Å²) in [5.74, 6) is 1.46. The minimum Gasteiger partial charge on any atom is -0.382 e. The molecule has 0 spiro atoms. The first kappa shape index (κ1) is 22.2. The quantitative estimate of drug-likeness (QED) is 0.308. The monoisotopic (exact) mass is 358 g/mol. The molecule has 0 radical (unpaired) electrons. The number of rotatable bonds is 12. The van der Waals surface area contributed by atoms with Crippen LogP contribution in [0.3, 0.4) is 0 Å². The molecule has 2 N–H and O–H groups in total. The molecule has 1 heterocycles. The lowest BCUT2D eigenvalue weighted by Gasteiger charge is -2.37. The van der Waals surface area contributed by atoms with E-state index in [1.807, 2.05) is 7.05 Å². The molecule has 7 nitrogen and oxygen atoms in total. The fourth-order valence-corrected chi connectivity index (χ4v) is 2.90. The second-order valence-electron chi connectivity index (χ2n) is 6.65. The van der Waals surface area contributed by atoms with Gasteiger partial charge in [-0.05, 0) is 18.8 Å². The van der Waals surface area contributed by atoms with E-state index in [1.165, 1.54) is 0 Å². The van der Waals surface area contributed by atoms with Crippen LogP contribution in [0.1, 0.15) is 26.7 Å². The molecule has 0 aliphatic carbocycles. The van der Waals surface area contributed by atoms with Crippen molar-refractivity contribution in [3.63, 3.8) is 0 Å². The van der Waals surface area contributed by atoms with Gasteiger partial charge in [-0.25, -0.2) is 0 Å². The van der Waals surface area contributed by atoms with Crippen LogP contribution in [0.15, 0.2) is 4.99 Å². The maximum atomic E-state index is 5.47. The van der Waals surface area contributed by atoms with Crippen LogP contribution in [0.4, 0.5) is 0 Å². The third-order valence-electron chi connectivity index (χ3n) is 4.43. The lowest BCUT2D eigenvalue weighted by molar-refractivity contribution is 0.00752. The van der Waals surface area contributed by atoms with E-state index in [1.54, 1.807) is 7.11 Å². The van der Waals surface area contributed by atoms with Gasteiger partial charge in [-0.2, -0.15) is 0 Å². The van der Waals surface area contributed by atoms with Crippen molar-refractivity contribution in [3.8, 4) is 0 Å². The molecule has 25 heavy (non-hydrogen) atoms. The summed E-state index contributed by atoms with van der Waals surface area (Å²) in [6.07, 6.45) is 2.10. The summed E-state index contributed by atoms with van der Waals surface area (Å²) < 4.78 is 15.9. The van der Waals surface area contributed by atoms with Crippen LogP contribution in [0.25, 0.3) is 0 Å². The van der Waals surface area contributed by atoms with E-state index < -0.39 is 0 Å². The molecular formula is C18H38N4O3. The number of unbranched alkanes of at least 4 members (excludes halogenated alkanes) is 1. The Labute approximate surface area is 153 Å². The summed E-state index contributed by atoms with van der Waals surface area (Å²) >= 11 is 0. The van der Waals surface area contributed by atoms with Gasteiger partial charge in [0.1, 0.15) is 0 Å². The Morgan fingerprint density at radius 3 is 2.52 bits per heavy atom. The third kappa shape index (κ3) is 9.99. The van der Waals surface area contributed by atoms with E-state index >= 15 is 0 Å². The molecule has 0 aromatic heterocycles. The van der Waals surface area contributed by atoms with E-state index in [-0.39, 0.29) is 0 Å². The molecule has 0 saturated carbocycles. The number of ether oxygens (including phenoxy) is 3. The van der Waals surface area contributed by atoms with Gasteiger partial charge < -0.3 is 24.8 Å². The molecule has 1 fully saturated rings. The number of nitrogens with one attached hydrogen (secondary N) is 2. The zero-order chi connectivity index (χ0) is 18.3. The van der Waals surface area contributed by atoms with Crippen LogP contribution in [-0.2, 0) is 14.2 Å². The van der Waals surface area contributed by atoms with Crippen LogP contribution in [0.5, 0.6) is 0 Å². The van der Waals surface area contributed by atoms with Crippen molar-refractivity contribution in [2.24, 2.45) is 10.9 Å². The van der Waals surface area contributed by atoms with Crippen LogP contribution >= 0.6 is 0 Å². The van der Waals surface area contributed by atoms with Gasteiger partial charge >= 0.3 is 0 Å². The minimum absolute atomic E-state index is 0.497. The number of hydrogen-bond acceptors (Lipinski definition) is 5. The molecule has 1 unspecified atom stereocenters. The van der Waals surface area contributed by atoms with E-state index in [4.69, 9.17) is 14.2 Å². The average molecular weight is 359 g/mol. The first-order chi connectivity index (χ1) is 12.2. The van der Waals surface area contributed by atoms with E-state index in [0.29, 0.717) is 25.2 Å². The zero-order valence-corrected chi connectivity index (χ0v) is 16.6. The fraction of sp³-hybridized carbons (Fsp3) is 0.944. The molecule has 1 aliphatic rings. The predicted octanol–water partition coefficient (Wildman–Crippen LogP) is 0.951. The van der Waals surface area contributed by atoms with Gasteiger partial charge in [-0.3, -0.25) is 9.89 Å². The first-order valence-corrected chi connectivity index (χ1v) is 9.52. The number of nitrogens with zero attached hydrogens (tertiary/aromatic N) is 2. The van der Waals surface area contributed by atoms with Gasteiger partial charge in [0.25, 0.3) is 0 Å². The third-order valence-corrected chi connectivity index (χ3v) is 4.43. The molecule has 0 bridgehead atoms. The van der Waals surface area contributed by atoms with E-state index in [9.17, 15) is 0 Å². The molecule has 7 heteroatoms. The van der Waals surface area contributed by atoms with Crippen molar-refractivity contribution in [2.75, 3.05) is 73.4 Å². The van der Waals surface area contributed by atoms with Gasteiger partial charge in [0.15, 0.2) is 5.96 Å². The Morgan fingerprint density at radius 1 is 1.12 bits per heavy atom. The molecule has 0 amide bonds. The highest BCUT2D eigenvalue weighted by Gasteiger charge is 2.23. The molecule has 148 valence electrons. The fourth-order valence-electron chi connectivity index (χ4n) is 2.90. The smallest absolute Gasteiger partial charge is 0.191 e. The summed E-state index contributed by atoms with van der Waals surface area (Å²) in [5.41, 5.74) is 0. The van der Waals surface area contributed by atoms with Crippen molar-refractivity contribution in [3.05, 3.63) is 0 Å². The molecule has 0 aromatic rings. The van der Waals surface area contributed by atoms with Gasteiger partial charge in [0, 0.05) is 53.0 Å². The number of guanidine groups is 1. The number of morpholine rings is 1. The van der Waals surface area contributed by atoms with Crippen molar-refractivity contribution >= 4 is 5.96 Å². The highest BCUT2D eigenvalue weighted by molar-refractivity contribution is 5.79. The lowest BCUT2D eigenvalue weighted by Crippen LogP contribution is -2.52. The van der Waals surface area contributed by atoms with E-state index in [0.717, 1.165) is 64.8 Å². The summed E-state index contributed by atoms with van der Waals surface area (Å²) in [6, 6.07) is 0.497. The van der Waals surface area contributed by atoms with Crippen molar-refractivity contribution in [1.82, 2.24) is 15.5 Å². The topological polar surface area (TPSA) is 67.4 Å². The lowest BCUT2D eigenvalue weighted by atomic mass is 10.0. The van der Waals surface area contributed by atoms with Gasteiger partial charge in [0.05, 0.1) is 26.4 Å². The Morgan fingerprint density at radius 2 is 1.88 bits per heavy atom. The first-order valence-electron chi connectivity index (χ1n) is 9.52. The van der Waals surface area contributed by atoms with Gasteiger partial charge in [-0.1, -0.05) is 13.8 Å². The maximum Gasteiger partial charge on any atom is 0.191 e. The second-order valence-corrected chi connectivity index (χ2v) is 6.65. The number of aliphatic imine (C=N–C) groups is 1. The molecule has 1 saturated heterocycles. The highest BCUT2D eigenvalue weighted by atomic mass is 16.5. The van der Waals surface area contributed by atoms with Crippen LogP contribution < -0.4 is 10.6 Å². The molecule has 1 aliphatic heterocycles. The number of methoxy groups -OCH3 is 1. The Hall–Kier alpha value is -0.890. The SMILES string of the molecule is CN=C(NCCCCOCCOC)NCC(C(C)C)N1CCOCC1. The molecule has 1 atom stereocenters. The van der Waals surface area contributed by atoms with Crippen molar-refractivity contribution < 1.29 is 14.2 Å². The van der Waals surface area contributed by atoms with Crippen LogP contribution in [0, 0.1) is 5.92 Å². The minimum atomic E-state index is 0.497. The Kier molecular flexibility index (Phi) is 12.7. The summed E-state index contributed by atoms with van der Waals surface area (Å²) in [7, 11) is 3.51. The van der Waals surface area contributed by atoms with E-state index in [2.05, 4.69) is 34.4 Å². The maximum absolute atomic E-state index is 5.47. The van der Waals surface area contributed by atoms with Crippen LogP contribution in [-0.4, -0.2) is 90.3 Å². The predicted molar refractivity (Wildman–Crippen MR) is 102 cm³/mol. The van der Waals surface area contributed by atoms with Crippen LogP contribution in [0.2, 0.25) is 0 Å². The van der Waals surface area contributed by atoms with Gasteiger partial charge in [0.2, 0.25) is 0 Å². The molecule has 1 rings (SSSR count). The summed E-state index contributed by atoms with van der Waals surface area (Å²) in [4.78, 5) is 6.85. The summed E-state index contributed by atoms with van der Waals surface area (Å²) in [5, 5.41) is 6.86. The zero-order valence-electron chi connectivity index (χ0n) is 16.6. The average Bonchev–Trinajstić information content (AvgIpc) is 2.63. The Balaban J connectivity index is 2.19. The van der Waals surface area contributed by atoms with Crippen molar-refractivity contribution in [1.29, 1.82) is 0 Å². The number of hydrogen-bond donors (Lipinski definition) is 2. The summed E-state index contributed by atoms with van der Waals surface area (Å²) in [6.45, 7) is 12.2. The Bertz CT molecular complexity index is 347. The molecule has 0 aromatic carbocycles. The highest BCUT2D eigenvalue weighted by Crippen LogP contribution is 2.12. The second kappa shape index (κ2) is 14.3. The normalized spacial score (nSPS) is 17.7. The molecular weight excluding hydrogens is 320 g/mol. The standard InChI is InChI=1S/C18H38N4O3/c1-16(2)17(22-8-11-25-12-9-22)15-21-18(19-3)20-7-5-6-10-24-14-13-23-4/h16-17H,5-15H2,1-4H3,(H2,19,20,21). The largest absolute Gasteiger partial charge is 0.382 e.